The second-order valence-electron chi connectivity index (χ2n) is 5.88. The molecule has 1 aliphatic heterocycles. The Hall–Kier alpha value is -0.120. The molecule has 1 unspecified atom stereocenters. The summed E-state index contributed by atoms with van der Waals surface area (Å²) in [6.45, 7) is 12.7. The van der Waals surface area contributed by atoms with Gasteiger partial charge >= 0.3 is 0 Å². The van der Waals surface area contributed by atoms with Gasteiger partial charge in [0.15, 0.2) is 0 Å². The van der Waals surface area contributed by atoms with E-state index in [1.165, 1.54) is 32.7 Å². The summed E-state index contributed by atoms with van der Waals surface area (Å²) in [4.78, 5) is 4.98. The van der Waals surface area contributed by atoms with Crippen LogP contribution in [0.15, 0.2) is 0 Å². The van der Waals surface area contributed by atoms with Gasteiger partial charge in [0.05, 0.1) is 5.60 Å². The standard InChI is InChI=1S/C13H28N2O/c1-12(10-13(2,3)16-5)11-15-8-6-14(4)7-9-15/h12H,6-11H2,1-5H3. The first kappa shape index (κ1) is 13.9. The molecule has 0 amide bonds. The Bertz CT molecular complexity index is 198. The van der Waals surface area contributed by atoms with E-state index in [1.54, 1.807) is 0 Å². The summed E-state index contributed by atoms with van der Waals surface area (Å²) >= 11 is 0. The SMILES string of the molecule is COC(C)(C)CC(C)CN1CCN(C)CC1. The highest BCUT2D eigenvalue weighted by atomic mass is 16.5. The highest BCUT2D eigenvalue weighted by molar-refractivity contribution is 4.76. The van der Waals surface area contributed by atoms with Crippen LogP contribution in [-0.2, 0) is 4.74 Å². The van der Waals surface area contributed by atoms with E-state index < -0.39 is 0 Å². The molecule has 1 saturated heterocycles. The molecule has 1 rings (SSSR count). The lowest BCUT2D eigenvalue weighted by Gasteiger charge is -2.35. The molecular weight excluding hydrogens is 200 g/mol. The molecule has 3 heteroatoms. The fourth-order valence-electron chi connectivity index (χ4n) is 2.46. The minimum absolute atomic E-state index is 0.0198. The molecular formula is C13H28N2O. The highest BCUT2D eigenvalue weighted by Crippen LogP contribution is 2.20. The maximum Gasteiger partial charge on any atom is 0.0625 e. The molecule has 0 aromatic carbocycles. The van der Waals surface area contributed by atoms with Crippen molar-refractivity contribution in [2.24, 2.45) is 5.92 Å². The fourth-order valence-corrected chi connectivity index (χ4v) is 2.46. The lowest BCUT2D eigenvalue weighted by molar-refractivity contribution is -0.00166. The van der Waals surface area contributed by atoms with Crippen molar-refractivity contribution < 1.29 is 4.74 Å². The van der Waals surface area contributed by atoms with Gasteiger partial charge in [-0.1, -0.05) is 6.92 Å². The molecule has 16 heavy (non-hydrogen) atoms. The molecule has 1 fully saturated rings. The molecule has 96 valence electrons. The predicted molar refractivity (Wildman–Crippen MR) is 68.8 cm³/mol. The zero-order chi connectivity index (χ0) is 12.2. The van der Waals surface area contributed by atoms with Crippen LogP contribution in [0, 0.1) is 5.92 Å². The Morgan fingerprint density at radius 3 is 2.25 bits per heavy atom. The third kappa shape index (κ3) is 4.81. The Labute approximate surface area is 101 Å². The van der Waals surface area contributed by atoms with Gasteiger partial charge in [-0.15, -0.1) is 0 Å². The van der Waals surface area contributed by atoms with Gasteiger partial charge in [0.1, 0.15) is 0 Å². The highest BCUT2D eigenvalue weighted by Gasteiger charge is 2.22. The predicted octanol–water partition coefficient (Wildman–Crippen LogP) is 1.69. The summed E-state index contributed by atoms with van der Waals surface area (Å²) in [6.07, 6.45) is 1.13. The van der Waals surface area contributed by atoms with Gasteiger partial charge in [-0.2, -0.15) is 0 Å². The summed E-state index contributed by atoms with van der Waals surface area (Å²) in [7, 11) is 4.01. The van der Waals surface area contributed by atoms with Gasteiger partial charge in [-0.25, -0.2) is 0 Å². The average Bonchev–Trinajstić information content (AvgIpc) is 2.21. The molecule has 0 radical (unpaired) electrons. The molecule has 0 spiro atoms. The number of nitrogens with zero attached hydrogens (tertiary/aromatic N) is 2. The Balaban J connectivity index is 2.26. The van der Waals surface area contributed by atoms with Gasteiger partial charge < -0.3 is 14.5 Å². The summed E-state index contributed by atoms with van der Waals surface area (Å²) < 4.78 is 5.49. The minimum Gasteiger partial charge on any atom is -0.379 e. The number of hydrogen-bond acceptors (Lipinski definition) is 3. The van der Waals surface area contributed by atoms with Gasteiger partial charge in [-0.3, -0.25) is 0 Å². The average molecular weight is 228 g/mol. The van der Waals surface area contributed by atoms with Crippen LogP contribution in [0.3, 0.4) is 0 Å². The zero-order valence-corrected chi connectivity index (χ0v) is 11.6. The maximum atomic E-state index is 5.49. The van der Waals surface area contributed by atoms with E-state index in [1.807, 2.05) is 7.11 Å². The quantitative estimate of drug-likeness (QED) is 0.712. The number of piperazine rings is 1. The van der Waals surface area contributed by atoms with Gasteiger partial charge in [-0.05, 0) is 33.2 Å². The van der Waals surface area contributed by atoms with Crippen molar-refractivity contribution in [3.63, 3.8) is 0 Å². The van der Waals surface area contributed by atoms with E-state index in [2.05, 4.69) is 37.6 Å². The minimum atomic E-state index is 0.0198. The summed E-state index contributed by atoms with van der Waals surface area (Å²) in [6, 6.07) is 0. The first-order valence-electron chi connectivity index (χ1n) is 6.39. The Morgan fingerprint density at radius 1 is 1.19 bits per heavy atom. The third-order valence-corrected chi connectivity index (χ3v) is 3.56. The molecule has 1 aliphatic rings. The van der Waals surface area contributed by atoms with Crippen LogP contribution in [0.4, 0.5) is 0 Å². The van der Waals surface area contributed by atoms with Crippen molar-refractivity contribution in [3.05, 3.63) is 0 Å². The molecule has 1 heterocycles. The molecule has 0 saturated carbocycles. The van der Waals surface area contributed by atoms with E-state index in [-0.39, 0.29) is 5.60 Å². The summed E-state index contributed by atoms with van der Waals surface area (Å²) in [5.74, 6) is 0.707. The van der Waals surface area contributed by atoms with Crippen molar-refractivity contribution >= 4 is 0 Å². The van der Waals surface area contributed by atoms with Crippen molar-refractivity contribution in [3.8, 4) is 0 Å². The van der Waals surface area contributed by atoms with Crippen LogP contribution >= 0.6 is 0 Å². The van der Waals surface area contributed by atoms with Gasteiger partial charge in [0.2, 0.25) is 0 Å². The largest absolute Gasteiger partial charge is 0.379 e. The number of rotatable bonds is 5. The lowest BCUT2D eigenvalue weighted by atomic mass is 9.94. The van der Waals surface area contributed by atoms with Crippen molar-refractivity contribution in [1.82, 2.24) is 9.80 Å². The van der Waals surface area contributed by atoms with Crippen LogP contribution in [0.25, 0.3) is 0 Å². The molecule has 0 aromatic rings. The van der Waals surface area contributed by atoms with E-state index >= 15 is 0 Å². The second kappa shape index (κ2) is 5.99. The molecule has 0 aromatic heterocycles. The monoisotopic (exact) mass is 228 g/mol. The molecule has 1 atom stereocenters. The molecule has 0 aliphatic carbocycles. The molecule has 3 nitrogen and oxygen atoms in total. The van der Waals surface area contributed by atoms with Crippen molar-refractivity contribution in [1.29, 1.82) is 0 Å². The number of methoxy groups -OCH3 is 1. The van der Waals surface area contributed by atoms with Crippen LogP contribution < -0.4 is 0 Å². The van der Waals surface area contributed by atoms with Crippen LogP contribution in [0.1, 0.15) is 27.2 Å². The lowest BCUT2D eigenvalue weighted by Crippen LogP contribution is -2.46. The van der Waals surface area contributed by atoms with Crippen LogP contribution in [0.2, 0.25) is 0 Å². The van der Waals surface area contributed by atoms with E-state index in [4.69, 9.17) is 4.74 Å². The third-order valence-electron chi connectivity index (χ3n) is 3.56. The van der Waals surface area contributed by atoms with Crippen molar-refractivity contribution in [2.75, 3.05) is 46.9 Å². The van der Waals surface area contributed by atoms with Gasteiger partial charge in [0.25, 0.3) is 0 Å². The van der Waals surface area contributed by atoms with Gasteiger partial charge in [0, 0.05) is 39.8 Å². The zero-order valence-electron chi connectivity index (χ0n) is 11.6. The number of ether oxygens (including phenoxy) is 1. The normalized spacial score (nSPS) is 22.3. The van der Waals surface area contributed by atoms with E-state index in [0.717, 1.165) is 6.42 Å². The molecule has 0 N–H and O–H groups in total. The van der Waals surface area contributed by atoms with Crippen molar-refractivity contribution in [2.45, 2.75) is 32.8 Å². The smallest absolute Gasteiger partial charge is 0.0625 e. The topological polar surface area (TPSA) is 15.7 Å². The summed E-state index contributed by atoms with van der Waals surface area (Å²) in [5.41, 5.74) is 0.0198. The van der Waals surface area contributed by atoms with Crippen LogP contribution in [0.5, 0.6) is 0 Å². The maximum absolute atomic E-state index is 5.49. The Morgan fingerprint density at radius 2 is 1.75 bits per heavy atom. The van der Waals surface area contributed by atoms with E-state index in [9.17, 15) is 0 Å². The number of hydrogen-bond donors (Lipinski definition) is 0. The fraction of sp³-hybridized carbons (Fsp3) is 1.00. The first-order chi connectivity index (χ1) is 7.43. The summed E-state index contributed by atoms with van der Waals surface area (Å²) in [5, 5.41) is 0. The molecule has 0 bridgehead atoms. The number of likely N-dealkylation sites (N-methyl/N-ethyl adjacent to an activating group) is 1. The first-order valence-corrected chi connectivity index (χ1v) is 6.39. The second-order valence-corrected chi connectivity index (χ2v) is 5.88. The van der Waals surface area contributed by atoms with Crippen LogP contribution in [-0.4, -0.2) is 62.3 Å². The Kier molecular flexibility index (Phi) is 5.22. The van der Waals surface area contributed by atoms with E-state index in [0.29, 0.717) is 5.92 Å².